The smallest absolute Gasteiger partial charge is 0.268 e. The summed E-state index contributed by atoms with van der Waals surface area (Å²) in [5.74, 6) is 0.641. The van der Waals surface area contributed by atoms with Gasteiger partial charge in [-0.25, -0.2) is 18.4 Å². The molecule has 10 nitrogen and oxygen atoms in total. The minimum absolute atomic E-state index is 0.0146. The lowest BCUT2D eigenvalue weighted by molar-refractivity contribution is 0.102. The van der Waals surface area contributed by atoms with Gasteiger partial charge in [-0.2, -0.15) is 0 Å². The standard InChI is InChI=1S/C25H24N6O4S2/c1-3-37(33,34)30(2)18-6-7-20-19(13-18)28-25(31(20)12-10-17-5-4-11-26-14-17)29-24(32)23-9-8-22(36-23)21-15-27-16-35-21/h4-9,11,13-16H,3,10,12H2,1-2H3,(H,28,29,32). The third kappa shape index (κ3) is 5.11. The van der Waals surface area contributed by atoms with Gasteiger partial charge in [0.15, 0.2) is 12.2 Å². The lowest BCUT2D eigenvalue weighted by Crippen LogP contribution is -2.27. The molecule has 5 aromatic rings. The number of carbonyl (C=O) groups is 1. The van der Waals surface area contributed by atoms with E-state index in [1.165, 1.54) is 29.1 Å². The number of hydrogen-bond donors (Lipinski definition) is 1. The average molecular weight is 537 g/mol. The molecule has 0 atom stereocenters. The predicted molar refractivity (Wildman–Crippen MR) is 143 cm³/mol. The molecule has 1 amide bonds. The van der Waals surface area contributed by atoms with Gasteiger partial charge in [-0.15, -0.1) is 11.3 Å². The highest BCUT2D eigenvalue weighted by molar-refractivity contribution is 7.92. The molecule has 12 heteroatoms. The fourth-order valence-electron chi connectivity index (χ4n) is 3.87. The lowest BCUT2D eigenvalue weighted by Gasteiger charge is -2.18. The van der Waals surface area contributed by atoms with Gasteiger partial charge in [0, 0.05) is 26.0 Å². The molecule has 0 aliphatic heterocycles. The van der Waals surface area contributed by atoms with Gasteiger partial charge in [-0.1, -0.05) is 6.07 Å². The largest absolute Gasteiger partial charge is 0.443 e. The highest BCUT2D eigenvalue weighted by Gasteiger charge is 2.20. The molecule has 0 radical (unpaired) electrons. The van der Waals surface area contributed by atoms with Gasteiger partial charge in [0.25, 0.3) is 5.91 Å². The highest BCUT2D eigenvalue weighted by Crippen LogP contribution is 2.30. The quantitative estimate of drug-likeness (QED) is 0.296. The molecule has 190 valence electrons. The molecule has 5 rings (SSSR count). The maximum Gasteiger partial charge on any atom is 0.268 e. The van der Waals surface area contributed by atoms with Crippen molar-refractivity contribution in [2.45, 2.75) is 19.9 Å². The van der Waals surface area contributed by atoms with Crippen LogP contribution in [0.15, 0.2) is 71.9 Å². The summed E-state index contributed by atoms with van der Waals surface area (Å²) in [7, 11) is -1.91. The summed E-state index contributed by atoms with van der Waals surface area (Å²) in [6, 6.07) is 12.7. The third-order valence-corrected chi connectivity index (χ3v) is 8.83. The van der Waals surface area contributed by atoms with E-state index in [1.54, 1.807) is 43.7 Å². The molecule has 0 aliphatic carbocycles. The van der Waals surface area contributed by atoms with Crippen molar-refractivity contribution in [2.24, 2.45) is 0 Å². The normalized spacial score (nSPS) is 11.6. The molecule has 4 heterocycles. The monoisotopic (exact) mass is 536 g/mol. The first kappa shape index (κ1) is 24.7. The van der Waals surface area contributed by atoms with E-state index in [2.05, 4.69) is 20.3 Å². The van der Waals surface area contributed by atoms with Crippen LogP contribution < -0.4 is 9.62 Å². The topological polar surface area (TPSA) is 123 Å². The van der Waals surface area contributed by atoms with E-state index in [1.807, 2.05) is 28.8 Å². The van der Waals surface area contributed by atoms with Crippen LogP contribution >= 0.6 is 11.3 Å². The SMILES string of the molecule is CCS(=O)(=O)N(C)c1ccc2c(c1)nc(NC(=O)c1ccc(-c3cnco3)s1)n2CCc1cccnc1. The van der Waals surface area contributed by atoms with Crippen molar-refractivity contribution in [3.05, 3.63) is 77.9 Å². The van der Waals surface area contributed by atoms with Gasteiger partial charge in [-0.05, 0) is 55.3 Å². The number of benzene rings is 1. The summed E-state index contributed by atoms with van der Waals surface area (Å²) in [5.41, 5.74) is 2.89. The highest BCUT2D eigenvalue weighted by atomic mass is 32.2. The Morgan fingerprint density at radius 3 is 2.76 bits per heavy atom. The zero-order valence-corrected chi connectivity index (χ0v) is 21.8. The molecule has 1 aromatic carbocycles. The number of imidazole rings is 1. The number of thiophene rings is 1. The zero-order chi connectivity index (χ0) is 26.0. The fraction of sp³-hybridized carbons (Fsp3) is 0.200. The Kier molecular flexibility index (Phi) is 6.76. The molecule has 0 aliphatic rings. The van der Waals surface area contributed by atoms with Crippen LogP contribution in [0.1, 0.15) is 22.2 Å². The van der Waals surface area contributed by atoms with Crippen LogP contribution in [-0.2, 0) is 23.0 Å². The second-order valence-electron chi connectivity index (χ2n) is 8.22. The molecule has 0 saturated heterocycles. The first-order valence-corrected chi connectivity index (χ1v) is 13.9. The zero-order valence-electron chi connectivity index (χ0n) is 20.2. The van der Waals surface area contributed by atoms with Crippen molar-refractivity contribution in [3.63, 3.8) is 0 Å². The maximum absolute atomic E-state index is 13.1. The molecule has 0 spiro atoms. The van der Waals surface area contributed by atoms with Crippen molar-refractivity contribution < 1.29 is 17.6 Å². The Morgan fingerprint density at radius 2 is 2.03 bits per heavy atom. The number of anilines is 2. The number of carbonyl (C=O) groups excluding carboxylic acids is 1. The molecule has 0 saturated carbocycles. The molecule has 4 aromatic heterocycles. The Bertz CT molecular complexity index is 1640. The van der Waals surface area contributed by atoms with Crippen LogP contribution in [0, 0.1) is 0 Å². The van der Waals surface area contributed by atoms with E-state index < -0.39 is 10.0 Å². The second kappa shape index (κ2) is 10.1. The maximum atomic E-state index is 13.1. The van der Waals surface area contributed by atoms with Gasteiger partial charge < -0.3 is 8.98 Å². The van der Waals surface area contributed by atoms with E-state index in [0.29, 0.717) is 40.8 Å². The fourth-order valence-corrected chi connectivity index (χ4v) is 5.55. The number of amides is 1. The average Bonchev–Trinajstić information content (AvgIpc) is 3.67. The van der Waals surface area contributed by atoms with Crippen LogP contribution in [0.5, 0.6) is 0 Å². The van der Waals surface area contributed by atoms with Gasteiger partial charge in [-0.3, -0.25) is 19.4 Å². The first-order valence-electron chi connectivity index (χ1n) is 11.5. The summed E-state index contributed by atoms with van der Waals surface area (Å²) >= 11 is 1.29. The van der Waals surface area contributed by atoms with Gasteiger partial charge in [0.05, 0.1) is 38.4 Å². The van der Waals surface area contributed by atoms with Crippen molar-refractivity contribution in [3.8, 4) is 10.6 Å². The molecule has 0 bridgehead atoms. The summed E-state index contributed by atoms with van der Waals surface area (Å²) in [6.07, 6.45) is 7.13. The number of aromatic nitrogens is 4. The van der Waals surface area contributed by atoms with Crippen LogP contribution in [0.4, 0.5) is 11.6 Å². The van der Waals surface area contributed by atoms with Gasteiger partial charge in [0.1, 0.15) is 0 Å². The van der Waals surface area contributed by atoms with Crippen LogP contribution in [0.2, 0.25) is 0 Å². The summed E-state index contributed by atoms with van der Waals surface area (Å²) in [5, 5.41) is 2.93. The van der Waals surface area contributed by atoms with Gasteiger partial charge in [0.2, 0.25) is 16.0 Å². The van der Waals surface area contributed by atoms with Crippen LogP contribution in [0.3, 0.4) is 0 Å². The Labute approximate surface area is 217 Å². The first-order chi connectivity index (χ1) is 17.9. The minimum atomic E-state index is -3.43. The summed E-state index contributed by atoms with van der Waals surface area (Å²) in [6.45, 7) is 2.14. The van der Waals surface area contributed by atoms with Crippen LogP contribution in [0.25, 0.3) is 21.7 Å². The Morgan fingerprint density at radius 1 is 1.16 bits per heavy atom. The molecular weight excluding hydrogens is 512 g/mol. The van der Waals surface area contributed by atoms with Crippen LogP contribution in [-0.4, -0.2) is 46.6 Å². The number of oxazole rings is 1. The van der Waals surface area contributed by atoms with Gasteiger partial charge >= 0.3 is 0 Å². The van der Waals surface area contributed by atoms with Crippen molar-refractivity contribution in [1.82, 2.24) is 19.5 Å². The number of hydrogen-bond acceptors (Lipinski definition) is 8. The summed E-state index contributed by atoms with van der Waals surface area (Å²) in [4.78, 5) is 27.2. The Hall–Kier alpha value is -4.03. The number of nitrogens with one attached hydrogen (secondary N) is 1. The number of sulfonamides is 1. The second-order valence-corrected chi connectivity index (χ2v) is 11.6. The molecule has 0 unspecified atom stereocenters. The number of pyridine rings is 1. The summed E-state index contributed by atoms with van der Waals surface area (Å²) < 4.78 is 33.3. The number of rotatable bonds is 9. The molecule has 0 fully saturated rings. The van der Waals surface area contributed by atoms with E-state index in [-0.39, 0.29) is 11.7 Å². The van der Waals surface area contributed by atoms with Crippen molar-refractivity contribution in [1.29, 1.82) is 0 Å². The molecular formula is C25H24N6O4S2. The van der Waals surface area contributed by atoms with E-state index >= 15 is 0 Å². The minimum Gasteiger partial charge on any atom is -0.443 e. The number of aryl methyl sites for hydroxylation is 2. The predicted octanol–water partition coefficient (Wildman–Crippen LogP) is 4.43. The Balaban J connectivity index is 1.48. The van der Waals surface area contributed by atoms with E-state index in [4.69, 9.17) is 4.42 Å². The van der Waals surface area contributed by atoms with E-state index in [0.717, 1.165) is 16.0 Å². The third-order valence-electron chi connectivity index (χ3n) is 5.95. The lowest BCUT2D eigenvalue weighted by atomic mass is 10.2. The van der Waals surface area contributed by atoms with E-state index in [9.17, 15) is 13.2 Å². The van der Waals surface area contributed by atoms with Crippen molar-refractivity contribution in [2.75, 3.05) is 22.4 Å². The molecule has 37 heavy (non-hydrogen) atoms. The van der Waals surface area contributed by atoms with Crippen molar-refractivity contribution >= 4 is 49.9 Å². The number of nitrogens with zero attached hydrogens (tertiary/aromatic N) is 5. The number of fused-ring (bicyclic) bond motifs is 1. The molecule has 1 N–H and O–H groups in total.